The number of benzene rings is 1. The average Bonchev–Trinajstić information content (AvgIpc) is 3.15. The molecule has 0 fully saturated rings. The normalized spacial score (nSPS) is 11.4. The number of nitrogens with zero attached hydrogens (tertiary/aromatic N) is 5. The highest BCUT2D eigenvalue weighted by atomic mass is 16.2. The van der Waals surface area contributed by atoms with Gasteiger partial charge in [-0.05, 0) is 39.4 Å². The molecule has 1 aromatic carbocycles. The van der Waals surface area contributed by atoms with Crippen LogP contribution >= 0.6 is 0 Å². The zero-order valence-corrected chi connectivity index (χ0v) is 19.3. The summed E-state index contributed by atoms with van der Waals surface area (Å²) in [4.78, 5) is 44.8. The Morgan fingerprint density at radius 2 is 1.81 bits per heavy atom. The lowest BCUT2D eigenvalue weighted by Gasteiger charge is -2.14. The predicted octanol–water partition coefficient (Wildman–Crippen LogP) is 0.999. The van der Waals surface area contributed by atoms with E-state index in [1.165, 1.54) is 25.6 Å². The SMILES string of the molecule is CCCn1c(=O)c2c(ncn2CC(=O)NCCc2ccc(C)cc2)n(CCN(C)C)c1=O. The Bertz CT molecular complexity index is 1190. The summed E-state index contributed by atoms with van der Waals surface area (Å²) in [5, 5.41) is 2.90. The third kappa shape index (κ3) is 5.34. The molecular weight excluding hydrogens is 408 g/mol. The van der Waals surface area contributed by atoms with Gasteiger partial charge in [0.15, 0.2) is 11.2 Å². The van der Waals surface area contributed by atoms with E-state index in [0.29, 0.717) is 38.2 Å². The maximum atomic E-state index is 13.1. The number of carbonyl (C=O) groups is 1. The van der Waals surface area contributed by atoms with Gasteiger partial charge in [0.25, 0.3) is 5.56 Å². The number of imidazole rings is 1. The summed E-state index contributed by atoms with van der Waals surface area (Å²) < 4.78 is 4.31. The van der Waals surface area contributed by atoms with Gasteiger partial charge in [-0.3, -0.25) is 18.7 Å². The smallest absolute Gasteiger partial charge is 0.332 e. The number of likely N-dealkylation sites (N-methyl/N-ethyl adjacent to an activating group) is 1. The molecule has 1 N–H and O–H groups in total. The van der Waals surface area contributed by atoms with Crippen molar-refractivity contribution in [2.45, 2.75) is 46.3 Å². The molecule has 2 heterocycles. The molecule has 172 valence electrons. The zero-order valence-electron chi connectivity index (χ0n) is 19.3. The number of rotatable bonds is 10. The topological polar surface area (TPSA) is 94.2 Å². The first-order valence-corrected chi connectivity index (χ1v) is 11.0. The van der Waals surface area contributed by atoms with Crippen molar-refractivity contribution in [2.24, 2.45) is 0 Å². The molecule has 0 aliphatic carbocycles. The molecule has 32 heavy (non-hydrogen) atoms. The number of hydrogen-bond donors (Lipinski definition) is 1. The molecule has 3 rings (SSSR count). The molecule has 0 aliphatic rings. The molecule has 2 aromatic heterocycles. The Kier molecular flexibility index (Phi) is 7.63. The number of hydrogen-bond acceptors (Lipinski definition) is 5. The molecule has 0 unspecified atom stereocenters. The molecule has 1 amide bonds. The number of amides is 1. The third-order valence-electron chi connectivity index (χ3n) is 5.37. The lowest BCUT2D eigenvalue weighted by Crippen LogP contribution is -2.42. The molecule has 0 aliphatic heterocycles. The van der Waals surface area contributed by atoms with Gasteiger partial charge >= 0.3 is 5.69 Å². The first kappa shape index (κ1) is 23.5. The zero-order chi connectivity index (χ0) is 23.3. The van der Waals surface area contributed by atoms with Gasteiger partial charge in [0.05, 0.1) is 6.33 Å². The summed E-state index contributed by atoms with van der Waals surface area (Å²) in [5.41, 5.74) is 2.18. The van der Waals surface area contributed by atoms with Crippen LogP contribution in [0, 0.1) is 6.92 Å². The number of fused-ring (bicyclic) bond motifs is 1. The van der Waals surface area contributed by atoms with Gasteiger partial charge in [-0.2, -0.15) is 0 Å². The van der Waals surface area contributed by atoms with Gasteiger partial charge in [0.1, 0.15) is 6.54 Å². The Labute approximate surface area is 187 Å². The van der Waals surface area contributed by atoms with Crippen LogP contribution in [0.1, 0.15) is 24.5 Å². The highest BCUT2D eigenvalue weighted by Gasteiger charge is 2.19. The summed E-state index contributed by atoms with van der Waals surface area (Å²) in [6.45, 7) is 5.79. The fourth-order valence-electron chi connectivity index (χ4n) is 3.59. The van der Waals surface area contributed by atoms with Crippen LogP contribution in [0.3, 0.4) is 0 Å². The average molecular weight is 441 g/mol. The van der Waals surface area contributed by atoms with E-state index < -0.39 is 5.56 Å². The summed E-state index contributed by atoms with van der Waals surface area (Å²) in [5.74, 6) is -0.205. The second-order valence-electron chi connectivity index (χ2n) is 8.32. The van der Waals surface area contributed by atoms with Gasteiger partial charge < -0.3 is 14.8 Å². The molecule has 9 nitrogen and oxygen atoms in total. The van der Waals surface area contributed by atoms with Crippen LogP contribution in [0.4, 0.5) is 0 Å². The van der Waals surface area contributed by atoms with Crippen molar-refractivity contribution < 1.29 is 4.79 Å². The Balaban J connectivity index is 1.81. The maximum absolute atomic E-state index is 13.1. The standard InChI is InChI=1S/C23H32N6O3/c1-5-12-29-22(31)20-21(28(23(29)32)14-13-26(3)4)25-16-27(20)15-19(30)24-11-10-18-8-6-17(2)7-9-18/h6-9,16H,5,10-15H2,1-4H3,(H,24,30). The van der Waals surface area contributed by atoms with E-state index in [9.17, 15) is 14.4 Å². The van der Waals surface area contributed by atoms with Crippen LogP contribution in [-0.4, -0.2) is 56.7 Å². The van der Waals surface area contributed by atoms with Crippen LogP contribution in [0.15, 0.2) is 40.2 Å². The largest absolute Gasteiger partial charge is 0.354 e. The molecule has 0 radical (unpaired) electrons. The van der Waals surface area contributed by atoms with E-state index in [1.54, 1.807) is 0 Å². The summed E-state index contributed by atoms with van der Waals surface area (Å²) >= 11 is 0. The van der Waals surface area contributed by atoms with Crippen LogP contribution in [-0.2, 0) is 30.8 Å². The van der Waals surface area contributed by atoms with Crippen LogP contribution < -0.4 is 16.6 Å². The molecule has 0 saturated carbocycles. The first-order valence-electron chi connectivity index (χ1n) is 11.0. The van der Waals surface area contributed by atoms with Crippen molar-refractivity contribution in [1.29, 1.82) is 0 Å². The molecule has 9 heteroatoms. The highest BCUT2D eigenvalue weighted by molar-refractivity contribution is 5.78. The van der Waals surface area contributed by atoms with Gasteiger partial charge in [-0.25, -0.2) is 9.78 Å². The first-order chi connectivity index (χ1) is 15.3. The quantitative estimate of drug-likeness (QED) is 0.508. The molecule has 0 saturated heterocycles. The fourth-order valence-corrected chi connectivity index (χ4v) is 3.59. The Hall–Kier alpha value is -3.20. The monoisotopic (exact) mass is 440 g/mol. The minimum atomic E-state index is -0.405. The number of aryl methyl sites for hydroxylation is 1. The van der Waals surface area contributed by atoms with Crippen LogP contribution in [0.25, 0.3) is 11.2 Å². The van der Waals surface area contributed by atoms with E-state index in [4.69, 9.17) is 0 Å². The lowest BCUT2D eigenvalue weighted by molar-refractivity contribution is -0.121. The van der Waals surface area contributed by atoms with E-state index in [-0.39, 0.29) is 23.7 Å². The van der Waals surface area contributed by atoms with Crippen molar-refractivity contribution in [3.05, 3.63) is 62.6 Å². The van der Waals surface area contributed by atoms with Crippen LogP contribution in [0.5, 0.6) is 0 Å². The second-order valence-corrected chi connectivity index (χ2v) is 8.32. The number of carbonyl (C=O) groups excluding carboxylic acids is 1. The third-order valence-corrected chi connectivity index (χ3v) is 5.37. The van der Waals surface area contributed by atoms with Gasteiger partial charge in [-0.15, -0.1) is 0 Å². The van der Waals surface area contributed by atoms with Gasteiger partial charge in [0.2, 0.25) is 5.91 Å². The summed E-state index contributed by atoms with van der Waals surface area (Å²) in [7, 11) is 3.84. The molecule has 0 spiro atoms. The molecule has 0 bridgehead atoms. The maximum Gasteiger partial charge on any atom is 0.332 e. The minimum absolute atomic E-state index is 0.0301. The summed E-state index contributed by atoms with van der Waals surface area (Å²) in [6.07, 6.45) is 2.85. The van der Waals surface area contributed by atoms with E-state index in [2.05, 4.69) is 10.3 Å². The molecule has 0 atom stereocenters. The molecule has 3 aromatic rings. The van der Waals surface area contributed by atoms with E-state index in [0.717, 1.165) is 12.0 Å². The van der Waals surface area contributed by atoms with Crippen molar-refractivity contribution in [3.8, 4) is 0 Å². The fraction of sp³-hybridized carbons (Fsp3) is 0.478. The van der Waals surface area contributed by atoms with Crippen LogP contribution in [0.2, 0.25) is 0 Å². The van der Waals surface area contributed by atoms with Gasteiger partial charge in [-0.1, -0.05) is 36.8 Å². The van der Waals surface area contributed by atoms with Gasteiger partial charge in [0, 0.05) is 26.2 Å². The lowest BCUT2D eigenvalue weighted by atomic mass is 10.1. The number of aromatic nitrogens is 4. The van der Waals surface area contributed by atoms with Crippen molar-refractivity contribution in [2.75, 3.05) is 27.2 Å². The van der Waals surface area contributed by atoms with Crippen molar-refractivity contribution in [1.82, 2.24) is 28.9 Å². The van der Waals surface area contributed by atoms with Crippen molar-refractivity contribution in [3.63, 3.8) is 0 Å². The summed E-state index contributed by atoms with van der Waals surface area (Å²) in [6, 6.07) is 8.19. The van der Waals surface area contributed by atoms with Crippen molar-refractivity contribution >= 4 is 17.1 Å². The minimum Gasteiger partial charge on any atom is -0.354 e. The Morgan fingerprint density at radius 1 is 1.09 bits per heavy atom. The van der Waals surface area contributed by atoms with E-state index >= 15 is 0 Å². The predicted molar refractivity (Wildman–Crippen MR) is 125 cm³/mol. The highest BCUT2D eigenvalue weighted by Crippen LogP contribution is 2.08. The molecular formula is C23H32N6O3. The Morgan fingerprint density at radius 3 is 2.47 bits per heavy atom. The number of nitrogens with one attached hydrogen (secondary N) is 1. The van der Waals surface area contributed by atoms with E-state index in [1.807, 2.05) is 57.1 Å². The second kappa shape index (κ2) is 10.4.